The molecule has 3 N–H and O–H groups in total. The number of aliphatic hydroxyl groups is 1. The van der Waals surface area contributed by atoms with E-state index in [1.165, 1.54) is 18.5 Å². The monoisotopic (exact) mass is 414 g/mol. The van der Waals surface area contributed by atoms with Gasteiger partial charge in [-0.1, -0.05) is 30.3 Å². The van der Waals surface area contributed by atoms with Crippen molar-refractivity contribution in [1.29, 1.82) is 0 Å². The van der Waals surface area contributed by atoms with E-state index >= 15 is 0 Å². The maximum atomic E-state index is 10.7. The number of hydrogen-bond donors (Lipinski definition) is 3. The Kier molecular flexibility index (Phi) is 8.09. The molecule has 3 rings (SSSR count). The van der Waals surface area contributed by atoms with Crippen molar-refractivity contribution in [3.63, 3.8) is 0 Å². The maximum absolute atomic E-state index is 10.7. The summed E-state index contributed by atoms with van der Waals surface area (Å²) < 4.78 is 0. The first-order valence-corrected chi connectivity index (χ1v) is 11.5. The molecule has 2 atom stereocenters. The largest absolute Gasteiger partial charge is 0.383 e. The van der Waals surface area contributed by atoms with Crippen LogP contribution in [0.5, 0.6) is 0 Å². The van der Waals surface area contributed by atoms with Crippen LogP contribution in [0.2, 0.25) is 0 Å². The van der Waals surface area contributed by atoms with E-state index in [1.54, 1.807) is 11.3 Å². The van der Waals surface area contributed by atoms with Crippen molar-refractivity contribution in [1.82, 2.24) is 15.5 Å². The average molecular weight is 415 g/mol. The molecule has 5 nitrogen and oxygen atoms in total. The number of hydrogen-bond acceptors (Lipinski definition) is 4. The molecule has 158 valence electrons. The molecule has 0 aliphatic carbocycles. The predicted molar refractivity (Wildman–Crippen MR) is 123 cm³/mol. The van der Waals surface area contributed by atoms with Gasteiger partial charge in [0.05, 0.1) is 6.54 Å². The molecule has 1 aromatic carbocycles. The SMILES string of the molecule is CCNC(=NCC(C)(O)c1ccsc1)NCC1CCN(CCc2ccccc2)C1. The zero-order valence-electron chi connectivity index (χ0n) is 17.6. The van der Waals surface area contributed by atoms with E-state index in [9.17, 15) is 5.11 Å². The summed E-state index contributed by atoms with van der Waals surface area (Å²) in [5, 5.41) is 21.4. The molecule has 1 aliphatic rings. The van der Waals surface area contributed by atoms with E-state index in [0.717, 1.165) is 44.1 Å². The molecule has 0 radical (unpaired) electrons. The van der Waals surface area contributed by atoms with E-state index in [1.807, 2.05) is 23.8 Å². The van der Waals surface area contributed by atoms with Gasteiger partial charge in [-0.15, -0.1) is 0 Å². The summed E-state index contributed by atoms with van der Waals surface area (Å²) in [6.45, 7) is 9.37. The molecule has 1 aromatic heterocycles. The molecule has 1 saturated heterocycles. The molecule has 1 aliphatic heterocycles. The highest BCUT2D eigenvalue weighted by atomic mass is 32.1. The van der Waals surface area contributed by atoms with E-state index in [4.69, 9.17) is 0 Å². The van der Waals surface area contributed by atoms with Gasteiger partial charge in [0.2, 0.25) is 0 Å². The number of guanidine groups is 1. The van der Waals surface area contributed by atoms with E-state index in [0.29, 0.717) is 12.5 Å². The summed E-state index contributed by atoms with van der Waals surface area (Å²) in [6.07, 6.45) is 2.33. The molecule has 0 saturated carbocycles. The number of nitrogens with one attached hydrogen (secondary N) is 2. The average Bonchev–Trinajstić information content (AvgIpc) is 3.42. The Morgan fingerprint density at radius 3 is 2.83 bits per heavy atom. The normalized spacial score (nSPS) is 19.8. The van der Waals surface area contributed by atoms with Gasteiger partial charge >= 0.3 is 0 Å². The molecule has 1 fully saturated rings. The van der Waals surface area contributed by atoms with Crippen molar-refractivity contribution < 1.29 is 5.11 Å². The lowest BCUT2D eigenvalue weighted by atomic mass is 10.00. The van der Waals surface area contributed by atoms with E-state index < -0.39 is 5.60 Å². The van der Waals surface area contributed by atoms with Gasteiger partial charge in [-0.2, -0.15) is 11.3 Å². The summed E-state index contributed by atoms with van der Waals surface area (Å²) in [6, 6.07) is 12.7. The highest BCUT2D eigenvalue weighted by Crippen LogP contribution is 2.23. The van der Waals surface area contributed by atoms with Gasteiger partial charge in [0.25, 0.3) is 0 Å². The van der Waals surface area contributed by atoms with Crippen LogP contribution in [-0.4, -0.2) is 55.2 Å². The van der Waals surface area contributed by atoms with E-state index in [2.05, 4.69) is 57.8 Å². The Bertz CT molecular complexity index is 746. The third-order valence-corrected chi connectivity index (χ3v) is 6.20. The molecule has 2 aromatic rings. The van der Waals surface area contributed by atoms with Gasteiger partial charge < -0.3 is 20.6 Å². The van der Waals surface area contributed by atoms with Gasteiger partial charge in [0.15, 0.2) is 5.96 Å². The fraction of sp³-hybridized carbons (Fsp3) is 0.522. The third-order valence-electron chi connectivity index (χ3n) is 5.52. The summed E-state index contributed by atoms with van der Waals surface area (Å²) in [5.41, 5.74) is 1.39. The lowest BCUT2D eigenvalue weighted by Gasteiger charge is -2.22. The topological polar surface area (TPSA) is 59.9 Å². The second-order valence-electron chi connectivity index (χ2n) is 8.05. The van der Waals surface area contributed by atoms with Crippen molar-refractivity contribution in [2.24, 2.45) is 10.9 Å². The molecule has 0 bridgehead atoms. The highest BCUT2D eigenvalue weighted by molar-refractivity contribution is 7.08. The van der Waals surface area contributed by atoms with E-state index in [-0.39, 0.29) is 0 Å². The van der Waals surface area contributed by atoms with Crippen LogP contribution < -0.4 is 10.6 Å². The van der Waals surface area contributed by atoms with Gasteiger partial charge in [-0.25, -0.2) is 4.99 Å². The maximum Gasteiger partial charge on any atom is 0.191 e. The molecule has 29 heavy (non-hydrogen) atoms. The highest BCUT2D eigenvalue weighted by Gasteiger charge is 2.24. The second-order valence-corrected chi connectivity index (χ2v) is 8.83. The third kappa shape index (κ3) is 6.84. The summed E-state index contributed by atoms with van der Waals surface area (Å²) in [7, 11) is 0. The van der Waals surface area contributed by atoms with Crippen LogP contribution in [0, 0.1) is 5.92 Å². The van der Waals surface area contributed by atoms with Crippen LogP contribution in [0.1, 0.15) is 31.4 Å². The molecular formula is C23H34N4OS. The lowest BCUT2D eigenvalue weighted by molar-refractivity contribution is 0.0677. The summed E-state index contributed by atoms with van der Waals surface area (Å²) >= 11 is 1.60. The number of rotatable bonds is 9. The van der Waals surface area contributed by atoms with Crippen molar-refractivity contribution in [3.8, 4) is 0 Å². The van der Waals surface area contributed by atoms with Crippen LogP contribution in [-0.2, 0) is 12.0 Å². The Morgan fingerprint density at radius 2 is 2.10 bits per heavy atom. The van der Waals surface area contributed by atoms with Crippen LogP contribution in [0.15, 0.2) is 52.2 Å². The Morgan fingerprint density at radius 1 is 1.28 bits per heavy atom. The first-order chi connectivity index (χ1) is 14.1. The molecular weight excluding hydrogens is 380 g/mol. The van der Waals surface area contributed by atoms with Gasteiger partial charge in [0.1, 0.15) is 5.60 Å². The fourth-order valence-corrected chi connectivity index (χ4v) is 4.48. The number of benzene rings is 1. The Labute approximate surface area is 178 Å². The van der Waals surface area contributed by atoms with Crippen molar-refractivity contribution in [2.45, 2.75) is 32.3 Å². The minimum absolute atomic E-state index is 0.340. The van der Waals surface area contributed by atoms with Crippen LogP contribution in [0.25, 0.3) is 0 Å². The summed E-state index contributed by atoms with van der Waals surface area (Å²) in [5.74, 6) is 1.41. The standard InChI is InChI=1S/C23H34N4OS/c1-3-24-22(26-18-23(2,28)21-11-14-29-17-21)25-15-20-10-13-27(16-20)12-9-19-7-5-4-6-8-19/h4-8,11,14,17,20,28H,3,9-10,12-13,15-16,18H2,1-2H3,(H2,24,25,26). The smallest absolute Gasteiger partial charge is 0.191 e. The fourth-order valence-electron chi connectivity index (χ4n) is 3.69. The quantitative estimate of drug-likeness (QED) is 0.436. The lowest BCUT2D eigenvalue weighted by Crippen LogP contribution is -2.41. The minimum Gasteiger partial charge on any atom is -0.383 e. The second kappa shape index (κ2) is 10.8. The minimum atomic E-state index is -0.941. The summed E-state index contributed by atoms with van der Waals surface area (Å²) in [4.78, 5) is 7.19. The van der Waals surface area contributed by atoms with Crippen LogP contribution in [0.4, 0.5) is 0 Å². The van der Waals surface area contributed by atoms with Gasteiger partial charge in [-0.3, -0.25) is 0 Å². The first-order valence-electron chi connectivity index (χ1n) is 10.6. The Balaban J connectivity index is 1.44. The number of thiophene rings is 1. The predicted octanol–water partition coefficient (Wildman–Crippen LogP) is 3.08. The zero-order chi connectivity index (χ0) is 20.5. The Hall–Kier alpha value is -1.89. The zero-order valence-corrected chi connectivity index (χ0v) is 18.4. The van der Waals surface area contributed by atoms with Crippen LogP contribution in [0.3, 0.4) is 0 Å². The van der Waals surface area contributed by atoms with Crippen molar-refractivity contribution in [2.75, 3.05) is 39.3 Å². The molecule has 0 spiro atoms. The molecule has 6 heteroatoms. The number of nitrogens with zero attached hydrogens (tertiary/aromatic N) is 2. The van der Waals surface area contributed by atoms with Gasteiger partial charge in [0, 0.05) is 26.2 Å². The number of likely N-dealkylation sites (tertiary alicyclic amines) is 1. The molecule has 0 amide bonds. The van der Waals surface area contributed by atoms with Crippen molar-refractivity contribution >= 4 is 17.3 Å². The van der Waals surface area contributed by atoms with Crippen molar-refractivity contribution in [3.05, 3.63) is 58.3 Å². The van der Waals surface area contributed by atoms with Crippen LogP contribution >= 0.6 is 11.3 Å². The van der Waals surface area contributed by atoms with Gasteiger partial charge in [-0.05, 0) is 67.1 Å². The molecule has 2 heterocycles. The molecule has 2 unspecified atom stereocenters. The first kappa shape index (κ1) is 21.8. The number of aliphatic imine (C=N–C) groups is 1.